The Bertz CT molecular complexity index is 1200. The van der Waals surface area contributed by atoms with Crippen LogP contribution >= 0.6 is 0 Å². The topological polar surface area (TPSA) is 49.4 Å². The van der Waals surface area contributed by atoms with E-state index in [1.165, 1.54) is 24.3 Å². The molecule has 1 N–H and O–H groups in total. The molecule has 1 aliphatic heterocycles. The Labute approximate surface area is 217 Å². The van der Waals surface area contributed by atoms with E-state index in [4.69, 9.17) is 0 Å². The number of amides is 1. The number of rotatable bonds is 6. The summed E-state index contributed by atoms with van der Waals surface area (Å²) in [5.74, 6) is -0.171. The zero-order valence-electron chi connectivity index (χ0n) is 20.3. The smallest absolute Gasteiger partial charge is 0.360 e. The molecule has 1 heterocycles. The predicted molar refractivity (Wildman–Crippen MR) is 122 cm³/mol. The lowest BCUT2D eigenvalue weighted by atomic mass is 9.72. The fraction of sp³-hybridized carbons (Fsp3) is 0.462. The quantitative estimate of drug-likeness (QED) is 0.317. The number of carbonyl (C=O) groups is 2. The molecule has 2 aromatic carbocycles. The number of halogens is 9. The summed E-state index contributed by atoms with van der Waals surface area (Å²) in [6.45, 7) is 1.24. The Morgan fingerprint density at radius 3 is 1.92 bits per heavy atom. The molecular weight excluding hydrogens is 543 g/mol. The molecule has 3 atom stereocenters. The standard InChI is InChI=1S/C26H23F9N2O2/c1-14(36-22(39)16-2-3-16)15-4-6-20(7-5-15)37-9-8-23(21(37)13-38,26(33,34)35)17-10-18(24(27,28)29)12-19(11-17)25(30,31)32/h4-7,10-14,16,21H,2-3,8-9H2,1H3,(H,36,39)/t14-,21?,23?/m0/s1. The normalized spacial score (nSPS) is 23.0. The second kappa shape index (κ2) is 9.74. The van der Waals surface area contributed by atoms with Crippen LogP contribution < -0.4 is 10.2 Å². The van der Waals surface area contributed by atoms with Crippen molar-refractivity contribution in [2.45, 2.75) is 62.2 Å². The second-order valence-electron chi connectivity index (χ2n) is 9.88. The van der Waals surface area contributed by atoms with Crippen molar-refractivity contribution in [2.75, 3.05) is 11.4 Å². The third-order valence-electron chi connectivity index (χ3n) is 7.36. The summed E-state index contributed by atoms with van der Waals surface area (Å²) in [6.07, 6.45) is -15.6. The van der Waals surface area contributed by atoms with Crippen molar-refractivity contribution in [1.82, 2.24) is 5.32 Å². The zero-order valence-corrected chi connectivity index (χ0v) is 20.3. The molecule has 0 bridgehead atoms. The number of hydrogen-bond acceptors (Lipinski definition) is 3. The molecule has 1 aliphatic carbocycles. The van der Waals surface area contributed by atoms with Crippen LogP contribution in [0.1, 0.15) is 54.5 Å². The maximum Gasteiger partial charge on any atom is 0.416 e. The molecule has 2 aromatic rings. The summed E-state index contributed by atoms with van der Waals surface area (Å²) in [7, 11) is 0. The van der Waals surface area contributed by atoms with Gasteiger partial charge in [0.25, 0.3) is 0 Å². The van der Waals surface area contributed by atoms with Crippen molar-refractivity contribution in [2.24, 2.45) is 5.92 Å². The van der Waals surface area contributed by atoms with Gasteiger partial charge < -0.3 is 15.0 Å². The van der Waals surface area contributed by atoms with Crippen molar-refractivity contribution in [3.05, 3.63) is 64.7 Å². The summed E-state index contributed by atoms with van der Waals surface area (Å²) in [4.78, 5) is 25.2. The first-order chi connectivity index (χ1) is 18.0. The largest absolute Gasteiger partial charge is 0.416 e. The number of hydrogen-bond donors (Lipinski definition) is 1. The average Bonchev–Trinajstić information content (AvgIpc) is 3.61. The van der Waals surface area contributed by atoms with Gasteiger partial charge in [-0.05, 0) is 67.6 Å². The molecule has 0 spiro atoms. The molecule has 1 saturated heterocycles. The van der Waals surface area contributed by atoms with Crippen LogP contribution in [0.2, 0.25) is 0 Å². The molecule has 4 rings (SSSR count). The van der Waals surface area contributed by atoms with Gasteiger partial charge >= 0.3 is 18.5 Å². The molecule has 39 heavy (non-hydrogen) atoms. The van der Waals surface area contributed by atoms with Crippen LogP contribution in [0, 0.1) is 5.92 Å². The van der Waals surface area contributed by atoms with Crippen molar-refractivity contribution in [3.63, 3.8) is 0 Å². The van der Waals surface area contributed by atoms with E-state index in [-0.39, 0.29) is 42.0 Å². The lowest BCUT2D eigenvalue weighted by Crippen LogP contribution is -2.53. The van der Waals surface area contributed by atoms with Crippen LogP contribution in [0.15, 0.2) is 42.5 Å². The number of benzene rings is 2. The zero-order chi connectivity index (χ0) is 29.0. The molecule has 2 fully saturated rings. The monoisotopic (exact) mass is 566 g/mol. The van der Waals surface area contributed by atoms with Gasteiger partial charge in [0.1, 0.15) is 17.7 Å². The van der Waals surface area contributed by atoms with Crippen LogP contribution in [0.5, 0.6) is 0 Å². The van der Waals surface area contributed by atoms with Gasteiger partial charge in [-0.3, -0.25) is 4.79 Å². The Morgan fingerprint density at radius 2 is 1.49 bits per heavy atom. The summed E-state index contributed by atoms with van der Waals surface area (Å²) < 4.78 is 125. The molecule has 0 radical (unpaired) electrons. The van der Waals surface area contributed by atoms with Crippen molar-refractivity contribution >= 4 is 17.9 Å². The SMILES string of the molecule is C[C@H](NC(=O)C1CC1)c1ccc(N2CCC(c3cc(C(F)(F)F)cc(C(F)(F)F)c3)(C(F)(F)F)C2C=O)cc1. The number of aldehydes is 1. The molecule has 212 valence electrons. The summed E-state index contributed by atoms with van der Waals surface area (Å²) >= 11 is 0. The summed E-state index contributed by atoms with van der Waals surface area (Å²) in [5.41, 5.74) is -7.68. The highest BCUT2D eigenvalue weighted by Crippen LogP contribution is 2.53. The van der Waals surface area contributed by atoms with Crippen LogP contribution in [0.3, 0.4) is 0 Å². The van der Waals surface area contributed by atoms with Gasteiger partial charge in [-0.1, -0.05) is 12.1 Å². The molecule has 0 aromatic heterocycles. The lowest BCUT2D eigenvalue weighted by molar-refractivity contribution is -0.192. The van der Waals surface area contributed by atoms with Gasteiger partial charge in [0, 0.05) is 18.2 Å². The Balaban J connectivity index is 1.74. The van der Waals surface area contributed by atoms with Gasteiger partial charge in [0.15, 0.2) is 0 Å². The Hall–Kier alpha value is -3.25. The van der Waals surface area contributed by atoms with Crippen LogP contribution in [0.25, 0.3) is 0 Å². The van der Waals surface area contributed by atoms with E-state index in [1.54, 1.807) is 6.92 Å². The third-order valence-corrected chi connectivity index (χ3v) is 7.36. The minimum absolute atomic E-state index is 0.0378. The van der Waals surface area contributed by atoms with E-state index >= 15 is 0 Å². The van der Waals surface area contributed by atoms with Gasteiger partial charge in [-0.2, -0.15) is 39.5 Å². The number of carbonyl (C=O) groups excluding carboxylic acids is 2. The first kappa shape index (κ1) is 28.8. The fourth-order valence-electron chi connectivity index (χ4n) is 5.04. The molecule has 2 unspecified atom stereocenters. The minimum atomic E-state index is -5.37. The highest BCUT2D eigenvalue weighted by molar-refractivity contribution is 5.81. The number of nitrogens with zero attached hydrogens (tertiary/aromatic N) is 1. The molecule has 2 aliphatic rings. The predicted octanol–water partition coefficient (Wildman–Crippen LogP) is 6.59. The average molecular weight is 566 g/mol. The number of nitrogens with one attached hydrogen (secondary N) is 1. The third kappa shape index (κ3) is 5.44. The van der Waals surface area contributed by atoms with Gasteiger partial charge in [0.05, 0.1) is 17.2 Å². The second-order valence-corrected chi connectivity index (χ2v) is 9.88. The highest BCUT2D eigenvalue weighted by atomic mass is 19.4. The molecule has 13 heteroatoms. The van der Waals surface area contributed by atoms with Crippen molar-refractivity contribution < 1.29 is 49.1 Å². The van der Waals surface area contributed by atoms with Crippen molar-refractivity contribution in [1.29, 1.82) is 0 Å². The van der Waals surface area contributed by atoms with Crippen LogP contribution in [-0.4, -0.2) is 31.0 Å². The van der Waals surface area contributed by atoms with Crippen LogP contribution in [0.4, 0.5) is 45.2 Å². The Kier molecular flexibility index (Phi) is 7.18. The maximum absolute atomic E-state index is 14.7. The van der Waals surface area contributed by atoms with E-state index in [2.05, 4.69) is 5.32 Å². The first-order valence-corrected chi connectivity index (χ1v) is 12.0. The lowest BCUT2D eigenvalue weighted by Gasteiger charge is -2.38. The Morgan fingerprint density at radius 1 is 0.949 bits per heavy atom. The van der Waals surface area contributed by atoms with E-state index in [0.717, 1.165) is 17.7 Å². The molecular formula is C26H23F9N2O2. The molecule has 1 amide bonds. The van der Waals surface area contributed by atoms with Crippen LogP contribution in [-0.2, 0) is 27.4 Å². The van der Waals surface area contributed by atoms with E-state index in [0.29, 0.717) is 5.56 Å². The van der Waals surface area contributed by atoms with E-state index < -0.39 is 65.7 Å². The van der Waals surface area contributed by atoms with Gasteiger partial charge in [-0.25, -0.2) is 0 Å². The van der Waals surface area contributed by atoms with Gasteiger partial charge in [0.2, 0.25) is 5.91 Å². The number of alkyl halides is 9. The van der Waals surface area contributed by atoms with Crippen molar-refractivity contribution in [3.8, 4) is 0 Å². The minimum Gasteiger partial charge on any atom is -0.360 e. The summed E-state index contributed by atoms with van der Waals surface area (Å²) in [5, 5.41) is 2.82. The first-order valence-electron chi connectivity index (χ1n) is 12.0. The molecule has 1 saturated carbocycles. The summed E-state index contributed by atoms with van der Waals surface area (Å²) in [6, 6.07) is 3.09. The highest BCUT2D eigenvalue weighted by Gasteiger charge is 2.65. The molecule has 4 nitrogen and oxygen atoms in total. The van der Waals surface area contributed by atoms with E-state index in [1.807, 2.05) is 0 Å². The fourth-order valence-corrected chi connectivity index (χ4v) is 5.04. The van der Waals surface area contributed by atoms with Gasteiger partial charge in [-0.15, -0.1) is 0 Å². The van der Waals surface area contributed by atoms with E-state index in [9.17, 15) is 49.1 Å². The number of anilines is 1. The maximum atomic E-state index is 14.7.